The van der Waals surface area contributed by atoms with Gasteiger partial charge in [0.05, 0.1) is 14.9 Å². The van der Waals surface area contributed by atoms with Crippen LogP contribution in [0.3, 0.4) is 0 Å². The molecule has 0 saturated heterocycles. The third-order valence-corrected chi connectivity index (χ3v) is 5.10. The Morgan fingerprint density at radius 3 is 2.40 bits per heavy atom. The van der Waals surface area contributed by atoms with Crippen LogP contribution in [0.15, 0.2) is 53.4 Å². The summed E-state index contributed by atoms with van der Waals surface area (Å²) in [6.45, 7) is -0.342. The molecule has 0 saturated carbocycles. The summed E-state index contributed by atoms with van der Waals surface area (Å²) in [5.74, 6) is -0.0702. The normalized spacial score (nSPS) is 11.1. The Balaban J connectivity index is 1.76. The van der Waals surface area contributed by atoms with Crippen molar-refractivity contribution in [1.82, 2.24) is 4.72 Å². The third kappa shape index (κ3) is 6.21. The summed E-state index contributed by atoms with van der Waals surface area (Å²) in [7, 11) is -3.89. The Morgan fingerprint density at radius 2 is 1.72 bits per heavy atom. The van der Waals surface area contributed by atoms with Crippen molar-refractivity contribution in [1.29, 1.82) is 0 Å². The van der Waals surface area contributed by atoms with E-state index in [4.69, 9.17) is 32.7 Å². The second-order valence-electron chi connectivity index (χ2n) is 4.78. The molecule has 0 bridgehead atoms. The molecule has 0 aliphatic heterocycles. The number of rotatable bonds is 8. The molecular formula is C16H15Cl2NO5S. The molecule has 134 valence electrons. The molecule has 1 N–H and O–H groups in total. The Bertz CT molecular complexity index is 828. The fourth-order valence-electron chi connectivity index (χ4n) is 1.76. The fourth-order valence-corrected chi connectivity index (χ4v) is 3.12. The molecule has 0 spiro atoms. The van der Waals surface area contributed by atoms with E-state index in [-0.39, 0.29) is 28.2 Å². The van der Waals surface area contributed by atoms with E-state index in [1.165, 1.54) is 18.2 Å². The van der Waals surface area contributed by atoms with E-state index in [9.17, 15) is 13.2 Å². The van der Waals surface area contributed by atoms with Crippen LogP contribution >= 0.6 is 23.2 Å². The first-order valence-electron chi connectivity index (χ1n) is 7.17. The van der Waals surface area contributed by atoms with Gasteiger partial charge in [0.1, 0.15) is 25.5 Å². The second-order valence-corrected chi connectivity index (χ2v) is 7.36. The average molecular weight is 404 g/mol. The highest BCUT2D eigenvalue weighted by atomic mass is 35.5. The minimum atomic E-state index is -3.89. The van der Waals surface area contributed by atoms with Gasteiger partial charge in [-0.3, -0.25) is 4.79 Å². The molecule has 0 aliphatic carbocycles. The van der Waals surface area contributed by atoms with E-state index in [2.05, 4.69) is 4.72 Å². The zero-order valence-corrected chi connectivity index (χ0v) is 15.3. The first kappa shape index (κ1) is 19.5. The first-order valence-corrected chi connectivity index (χ1v) is 9.40. The van der Waals surface area contributed by atoms with E-state index < -0.39 is 22.5 Å². The molecular weight excluding hydrogens is 389 g/mol. The zero-order valence-electron chi connectivity index (χ0n) is 12.9. The van der Waals surface area contributed by atoms with Crippen LogP contribution in [-0.2, 0) is 19.6 Å². The van der Waals surface area contributed by atoms with Crippen molar-refractivity contribution in [2.45, 2.75) is 4.90 Å². The van der Waals surface area contributed by atoms with Crippen molar-refractivity contribution in [2.24, 2.45) is 0 Å². The van der Waals surface area contributed by atoms with Crippen molar-refractivity contribution < 1.29 is 22.7 Å². The van der Waals surface area contributed by atoms with Crippen LogP contribution in [0.5, 0.6) is 5.75 Å². The van der Waals surface area contributed by atoms with Gasteiger partial charge in [-0.15, -0.1) is 0 Å². The fraction of sp³-hybridized carbons (Fsp3) is 0.188. The molecule has 2 aromatic rings. The molecule has 2 rings (SSSR count). The van der Waals surface area contributed by atoms with Crippen molar-refractivity contribution in [3.63, 3.8) is 0 Å². The van der Waals surface area contributed by atoms with Crippen LogP contribution < -0.4 is 9.46 Å². The number of para-hydroxylation sites is 1. The molecule has 0 atom stereocenters. The molecule has 0 fully saturated rings. The second kappa shape index (κ2) is 9.05. The summed E-state index contributed by atoms with van der Waals surface area (Å²) in [5, 5.41) is 0.337. The number of esters is 1. The number of nitrogens with one attached hydrogen (secondary N) is 1. The maximum Gasteiger partial charge on any atom is 0.321 e. The van der Waals surface area contributed by atoms with Crippen molar-refractivity contribution >= 4 is 39.2 Å². The van der Waals surface area contributed by atoms with Gasteiger partial charge in [0.2, 0.25) is 10.0 Å². The molecule has 0 amide bonds. The summed E-state index contributed by atoms with van der Waals surface area (Å²) < 4.78 is 36.5. The molecule has 9 heteroatoms. The van der Waals surface area contributed by atoms with Crippen LogP contribution in [-0.4, -0.2) is 34.1 Å². The van der Waals surface area contributed by atoms with E-state index in [0.717, 1.165) is 0 Å². The number of carbonyl (C=O) groups is 1. The summed E-state index contributed by atoms with van der Waals surface area (Å²) in [4.78, 5) is 11.5. The van der Waals surface area contributed by atoms with E-state index >= 15 is 0 Å². The Hall–Kier alpha value is -1.80. The number of ether oxygens (including phenoxy) is 2. The van der Waals surface area contributed by atoms with Gasteiger partial charge in [0.25, 0.3) is 0 Å². The molecule has 25 heavy (non-hydrogen) atoms. The first-order chi connectivity index (χ1) is 11.9. The number of halogens is 2. The number of benzene rings is 2. The van der Waals surface area contributed by atoms with Crippen LogP contribution in [0.25, 0.3) is 0 Å². The Kier molecular flexibility index (Phi) is 7.07. The molecule has 0 heterocycles. The average Bonchev–Trinajstić information content (AvgIpc) is 2.60. The third-order valence-electron chi connectivity index (χ3n) is 2.97. The molecule has 0 aliphatic rings. The SMILES string of the molecule is O=C(CNS(=O)(=O)c1ccc(Cl)c(Cl)c1)OCCOc1ccccc1. The van der Waals surface area contributed by atoms with E-state index in [1.54, 1.807) is 12.1 Å². The molecule has 0 radical (unpaired) electrons. The minimum Gasteiger partial charge on any atom is -0.490 e. The summed E-state index contributed by atoms with van der Waals surface area (Å²) in [5.41, 5.74) is 0. The Labute approximate surface area is 155 Å². The lowest BCUT2D eigenvalue weighted by molar-refractivity contribution is -0.142. The standard InChI is InChI=1S/C16H15Cl2NO5S/c17-14-7-6-13(10-15(14)18)25(21,22)19-11-16(20)24-9-8-23-12-4-2-1-3-5-12/h1-7,10,19H,8-9,11H2. The van der Waals surface area contributed by atoms with E-state index in [0.29, 0.717) is 5.75 Å². The van der Waals surface area contributed by atoms with Gasteiger partial charge in [-0.25, -0.2) is 8.42 Å². The molecule has 0 unspecified atom stereocenters. The van der Waals surface area contributed by atoms with Crippen molar-refractivity contribution in [3.05, 3.63) is 58.6 Å². The molecule has 2 aromatic carbocycles. The van der Waals surface area contributed by atoms with Crippen molar-refractivity contribution in [2.75, 3.05) is 19.8 Å². The van der Waals surface area contributed by atoms with Gasteiger partial charge in [0, 0.05) is 0 Å². The van der Waals surface area contributed by atoms with Gasteiger partial charge in [-0.1, -0.05) is 41.4 Å². The van der Waals surface area contributed by atoms with Gasteiger partial charge in [-0.2, -0.15) is 4.72 Å². The predicted molar refractivity (Wildman–Crippen MR) is 94.5 cm³/mol. The predicted octanol–water partition coefficient (Wildman–Crippen LogP) is 2.89. The lowest BCUT2D eigenvalue weighted by Gasteiger charge is -2.09. The van der Waals surface area contributed by atoms with Gasteiger partial charge < -0.3 is 9.47 Å². The largest absolute Gasteiger partial charge is 0.490 e. The van der Waals surface area contributed by atoms with Crippen molar-refractivity contribution in [3.8, 4) is 5.75 Å². The zero-order chi connectivity index (χ0) is 18.3. The number of hydrogen-bond acceptors (Lipinski definition) is 5. The highest BCUT2D eigenvalue weighted by molar-refractivity contribution is 7.89. The van der Waals surface area contributed by atoms with Gasteiger partial charge in [0.15, 0.2) is 0 Å². The topological polar surface area (TPSA) is 81.7 Å². The van der Waals surface area contributed by atoms with Crippen LogP contribution in [0, 0.1) is 0 Å². The quantitative estimate of drug-likeness (QED) is 0.541. The summed E-state index contributed by atoms with van der Waals surface area (Å²) in [6.07, 6.45) is 0. The smallest absolute Gasteiger partial charge is 0.321 e. The number of carbonyl (C=O) groups excluding carboxylic acids is 1. The highest BCUT2D eigenvalue weighted by Crippen LogP contribution is 2.24. The van der Waals surface area contributed by atoms with Gasteiger partial charge in [-0.05, 0) is 30.3 Å². The van der Waals surface area contributed by atoms with E-state index in [1.807, 2.05) is 18.2 Å². The maximum atomic E-state index is 12.1. The van der Waals surface area contributed by atoms with Gasteiger partial charge >= 0.3 is 5.97 Å². The lowest BCUT2D eigenvalue weighted by atomic mass is 10.3. The Morgan fingerprint density at radius 1 is 1.00 bits per heavy atom. The van der Waals surface area contributed by atoms with Crippen LogP contribution in [0.4, 0.5) is 0 Å². The minimum absolute atomic E-state index is 0.00221. The maximum absolute atomic E-state index is 12.1. The van der Waals surface area contributed by atoms with Crippen LogP contribution in [0.2, 0.25) is 10.0 Å². The number of hydrogen-bond donors (Lipinski definition) is 1. The number of sulfonamides is 1. The monoisotopic (exact) mass is 403 g/mol. The lowest BCUT2D eigenvalue weighted by Crippen LogP contribution is -2.31. The highest BCUT2D eigenvalue weighted by Gasteiger charge is 2.17. The molecule has 6 nitrogen and oxygen atoms in total. The summed E-state index contributed by atoms with van der Waals surface area (Å²) in [6, 6.07) is 12.9. The summed E-state index contributed by atoms with van der Waals surface area (Å²) >= 11 is 11.5. The van der Waals surface area contributed by atoms with Crippen LogP contribution in [0.1, 0.15) is 0 Å². The molecule has 0 aromatic heterocycles.